The first-order valence-corrected chi connectivity index (χ1v) is 6.65. The van der Waals surface area contributed by atoms with E-state index < -0.39 is 0 Å². The minimum atomic E-state index is -0.191. The zero-order chi connectivity index (χ0) is 13.0. The summed E-state index contributed by atoms with van der Waals surface area (Å²) in [6.07, 6.45) is 3.59. The van der Waals surface area contributed by atoms with Gasteiger partial charge in [-0.15, -0.1) is 0 Å². The van der Waals surface area contributed by atoms with E-state index in [1.54, 1.807) is 0 Å². The zero-order valence-corrected chi connectivity index (χ0v) is 11.2. The Morgan fingerprint density at radius 2 is 2.11 bits per heavy atom. The molecular formula is C15H21NO2. The average Bonchev–Trinajstić information content (AvgIpc) is 2.81. The van der Waals surface area contributed by atoms with Gasteiger partial charge in [0.15, 0.2) is 0 Å². The van der Waals surface area contributed by atoms with Gasteiger partial charge in [0.25, 0.3) is 0 Å². The zero-order valence-electron chi connectivity index (χ0n) is 11.2. The summed E-state index contributed by atoms with van der Waals surface area (Å²) in [6, 6.07) is 6.70. The average molecular weight is 247 g/mol. The number of aryl methyl sites for hydroxylation is 2. The van der Waals surface area contributed by atoms with Gasteiger partial charge in [-0.3, -0.25) is 4.79 Å². The molecule has 0 atom stereocenters. The summed E-state index contributed by atoms with van der Waals surface area (Å²) in [6.45, 7) is 4.68. The molecule has 1 aromatic carbocycles. The van der Waals surface area contributed by atoms with Gasteiger partial charge in [0.2, 0.25) is 0 Å². The first-order valence-electron chi connectivity index (χ1n) is 6.65. The lowest BCUT2D eigenvalue weighted by atomic mass is 10.1. The Bertz CT molecular complexity index is 427. The minimum Gasteiger partial charge on any atom is -0.460 e. The van der Waals surface area contributed by atoms with Crippen LogP contribution in [-0.4, -0.2) is 18.6 Å². The summed E-state index contributed by atoms with van der Waals surface area (Å²) in [4.78, 5) is 11.5. The van der Waals surface area contributed by atoms with Crippen molar-refractivity contribution in [1.29, 1.82) is 0 Å². The minimum absolute atomic E-state index is 0.191. The van der Waals surface area contributed by atoms with E-state index in [0.717, 1.165) is 12.0 Å². The van der Waals surface area contributed by atoms with Crippen LogP contribution in [0, 0.1) is 0 Å². The number of benzene rings is 1. The van der Waals surface area contributed by atoms with Crippen molar-refractivity contribution < 1.29 is 9.53 Å². The topological polar surface area (TPSA) is 38.3 Å². The van der Waals surface area contributed by atoms with Gasteiger partial charge in [-0.2, -0.15) is 0 Å². The molecule has 0 radical (unpaired) electrons. The second-order valence-electron chi connectivity index (χ2n) is 5.15. The van der Waals surface area contributed by atoms with Crippen LogP contribution in [0.2, 0.25) is 0 Å². The van der Waals surface area contributed by atoms with E-state index >= 15 is 0 Å². The number of carbonyl (C=O) groups is 1. The maximum absolute atomic E-state index is 11.5. The molecule has 1 aliphatic rings. The van der Waals surface area contributed by atoms with Crippen molar-refractivity contribution in [3.63, 3.8) is 0 Å². The Hall–Kier alpha value is -1.35. The third-order valence-corrected chi connectivity index (χ3v) is 3.22. The van der Waals surface area contributed by atoms with E-state index in [9.17, 15) is 4.79 Å². The molecule has 3 heteroatoms. The first-order chi connectivity index (χ1) is 8.65. The van der Waals surface area contributed by atoms with E-state index in [0.29, 0.717) is 12.6 Å². The molecule has 1 N–H and O–H groups in total. The molecule has 0 fully saturated rings. The fraction of sp³-hybridized carbons (Fsp3) is 0.533. The fourth-order valence-electron chi connectivity index (χ4n) is 2.22. The van der Waals surface area contributed by atoms with Gasteiger partial charge in [0, 0.05) is 6.04 Å². The molecular weight excluding hydrogens is 226 g/mol. The van der Waals surface area contributed by atoms with Gasteiger partial charge in [0.1, 0.15) is 6.61 Å². The standard InChI is InChI=1S/C15H21NO2/c1-11(2)16-9-15(17)18-10-12-6-7-13-4-3-5-14(13)8-12/h6-8,11,16H,3-5,9-10H2,1-2H3. The van der Waals surface area contributed by atoms with Crippen molar-refractivity contribution in [2.75, 3.05) is 6.54 Å². The molecule has 2 rings (SSSR count). The summed E-state index contributed by atoms with van der Waals surface area (Å²) in [5, 5.41) is 3.05. The molecule has 18 heavy (non-hydrogen) atoms. The first kappa shape index (κ1) is 13.1. The quantitative estimate of drug-likeness (QED) is 0.811. The molecule has 0 saturated carbocycles. The van der Waals surface area contributed by atoms with E-state index in [1.807, 2.05) is 13.8 Å². The SMILES string of the molecule is CC(C)NCC(=O)OCc1ccc2c(c1)CCC2. The van der Waals surface area contributed by atoms with Crippen LogP contribution in [0.1, 0.15) is 37.0 Å². The molecule has 0 amide bonds. The summed E-state index contributed by atoms with van der Waals surface area (Å²) >= 11 is 0. The summed E-state index contributed by atoms with van der Waals surface area (Å²) in [5.41, 5.74) is 3.96. The predicted octanol–water partition coefficient (Wildman–Crippen LogP) is 2.22. The summed E-state index contributed by atoms with van der Waals surface area (Å²) in [7, 11) is 0. The van der Waals surface area contributed by atoms with Gasteiger partial charge >= 0.3 is 5.97 Å². The molecule has 0 aliphatic heterocycles. The van der Waals surface area contributed by atoms with Crippen LogP contribution in [0.3, 0.4) is 0 Å². The number of ether oxygens (including phenoxy) is 1. The largest absolute Gasteiger partial charge is 0.460 e. The Morgan fingerprint density at radius 3 is 2.89 bits per heavy atom. The lowest BCUT2D eigenvalue weighted by Crippen LogP contribution is -2.30. The molecule has 0 heterocycles. The fourth-order valence-corrected chi connectivity index (χ4v) is 2.22. The van der Waals surface area contributed by atoms with Crippen molar-refractivity contribution >= 4 is 5.97 Å². The lowest BCUT2D eigenvalue weighted by Gasteiger charge is -2.09. The third kappa shape index (κ3) is 3.57. The van der Waals surface area contributed by atoms with Crippen molar-refractivity contribution in [3.8, 4) is 0 Å². The number of fused-ring (bicyclic) bond motifs is 1. The Morgan fingerprint density at radius 1 is 1.33 bits per heavy atom. The summed E-state index contributed by atoms with van der Waals surface area (Å²) < 4.78 is 5.24. The molecule has 1 aliphatic carbocycles. The van der Waals surface area contributed by atoms with Crippen molar-refractivity contribution in [3.05, 3.63) is 34.9 Å². The van der Waals surface area contributed by atoms with E-state index in [-0.39, 0.29) is 12.5 Å². The smallest absolute Gasteiger partial charge is 0.320 e. The summed E-state index contributed by atoms with van der Waals surface area (Å²) in [5.74, 6) is -0.191. The second-order valence-corrected chi connectivity index (χ2v) is 5.15. The number of nitrogens with one attached hydrogen (secondary N) is 1. The molecule has 0 saturated heterocycles. The molecule has 0 spiro atoms. The van der Waals surface area contributed by atoms with Crippen molar-refractivity contribution in [1.82, 2.24) is 5.32 Å². The highest BCUT2D eigenvalue weighted by atomic mass is 16.5. The lowest BCUT2D eigenvalue weighted by molar-refractivity contribution is -0.143. The highest BCUT2D eigenvalue weighted by molar-refractivity contribution is 5.71. The number of carbonyl (C=O) groups excluding carboxylic acids is 1. The number of esters is 1. The van der Waals surface area contributed by atoms with E-state index in [2.05, 4.69) is 23.5 Å². The third-order valence-electron chi connectivity index (χ3n) is 3.22. The number of hydrogen-bond donors (Lipinski definition) is 1. The Kier molecular flexibility index (Phi) is 4.37. The van der Waals surface area contributed by atoms with Crippen molar-refractivity contribution in [2.45, 2.75) is 45.8 Å². The molecule has 98 valence electrons. The Balaban J connectivity index is 1.81. The monoisotopic (exact) mass is 247 g/mol. The molecule has 3 nitrogen and oxygen atoms in total. The van der Waals surface area contributed by atoms with Crippen LogP contribution in [0.5, 0.6) is 0 Å². The Labute approximate surface area is 109 Å². The van der Waals surface area contributed by atoms with Gasteiger partial charge in [0.05, 0.1) is 6.54 Å². The van der Waals surface area contributed by atoms with Gasteiger partial charge in [-0.1, -0.05) is 32.0 Å². The van der Waals surface area contributed by atoms with Crippen LogP contribution in [-0.2, 0) is 29.0 Å². The van der Waals surface area contributed by atoms with Gasteiger partial charge < -0.3 is 10.1 Å². The molecule has 1 aromatic rings. The predicted molar refractivity (Wildman–Crippen MR) is 71.4 cm³/mol. The molecule has 0 aromatic heterocycles. The highest BCUT2D eigenvalue weighted by Crippen LogP contribution is 2.23. The molecule has 0 bridgehead atoms. The van der Waals surface area contributed by atoms with Crippen LogP contribution >= 0.6 is 0 Å². The molecule has 0 unspecified atom stereocenters. The van der Waals surface area contributed by atoms with Crippen molar-refractivity contribution in [2.24, 2.45) is 0 Å². The van der Waals surface area contributed by atoms with Gasteiger partial charge in [-0.25, -0.2) is 0 Å². The van der Waals surface area contributed by atoms with E-state index in [4.69, 9.17) is 4.74 Å². The van der Waals surface area contributed by atoms with Crippen LogP contribution < -0.4 is 5.32 Å². The van der Waals surface area contributed by atoms with Gasteiger partial charge in [-0.05, 0) is 36.0 Å². The number of rotatable bonds is 5. The van der Waals surface area contributed by atoms with E-state index in [1.165, 1.54) is 24.0 Å². The highest BCUT2D eigenvalue weighted by Gasteiger charge is 2.11. The normalized spacial score (nSPS) is 13.7. The maximum Gasteiger partial charge on any atom is 0.320 e. The maximum atomic E-state index is 11.5. The number of hydrogen-bond acceptors (Lipinski definition) is 3. The van der Waals surface area contributed by atoms with Crippen LogP contribution in [0.15, 0.2) is 18.2 Å². The second kappa shape index (κ2) is 6.01. The van der Waals surface area contributed by atoms with Crippen LogP contribution in [0.4, 0.5) is 0 Å². The van der Waals surface area contributed by atoms with Crippen LogP contribution in [0.25, 0.3) is 0 Å².